The summed E-state index contributed by atoms with van der Waals surface area (Å²) in [6, 6.07) is 4.49. The summed E-state index contributed by atoms with van der Waals surface area (Å²) in [5, 5.41) is 0. The number of pyridine rings is 1. The number of rotatable bonds is 30. The van der Waals surface area contributed by atoms with E-state index in [1.54, 1.807) is 0 Å². The molecule has 38 heavy (non-hydrogen) atoms. The van der Waals surface area contributed by atoms with Gasteiger partial charge in [-0.3, -0.25) is 4.98 Å². The van der Waals surface area contributed by atoms with E-state index in [1.807, 2.05) is 6.20 Å². The second-order valence-electron chi connectivity index (χ2n) is 12.3. The van der Waals surface area contributed by atoms with Crippen molar-refractivity contribution in [2.24, 2.45) is 0 Å². The van der Waals surface area contributed by atoms with Crippen LogP contribution in [0.2, 0.25) is 0 Å². The van der Waals surface area contributed by atoms with Crippen LogP contribution in [-0.2, 0) is 12.8 Å². The minimum atomic E-state index is 1.19. The number of unbranched alkanes of at least 4 members (excludes halogenated alkanes) is 26. The first-order chi connectivity index (χ1) is 18.9. The smallest absolute Gasteiger partial charge is 0.0435 e. The number of aromatic nitrogens is 1. The maximum Gasteiger partial charge on any atom is 0.0435 e. The van der Waals surface area contributed by atoms with Gasteiger partial charge in [-0.05, 0) is 37.3 Å². The molecule has 0 amide bonds. The van der Waals surface area contributed by atoms with Crippen LogP contribution in [0.1, 0.15) is 205 Å². The predicted octanol–water partition coefficient (Wildman–Crippen LogP) is 13.1. The average Bonchev–Trinajstić information content (AvgIpc) is 2.94. The van der Waals surface area contributed by atoms with Crippen LogP contribution in [0.3, 0.4) is 0 Å². The van der Waals surface area contributed by atoms with Gasteiger partial charge in [-0.2, -0.15) is 0 Å². The van der Waals surface area contributed by atoms with E-state index in [9.17, 15) is 0 Å². The highest BCUT2D eigenvalue weighted by Gasteiger charge is 2.04. The van der Waals surface area contributed by atoms with Crippen molar-refractivity contribution in [3.05, 3.63) is 29.6 Å². The van der Waals surface area contributed by atoms with Crippen LogP contribution in [0.4, 0.5) is 0 Å². The van der Waals surface area contributed by atoms with E-state index in [-0.39, 0.29) is 0 Å². The zero-order valence-electron chi connectivity index (χ0n) is 26.4. The summed E-state index contributed by atoms with van der Waals surface area (Å²) in [5.41, 5.74) is 2.92. The molecule has 0 aliphatic carbocycles. The van der Waals surface area contributed by atoms with E-state index in [4.69, 9.17) is 4.98 Å². The molecule has 1 aromatic rings. The van der Waals surface area contributed by atoms with Crippen molar-refractivity contribution in [1.82, 2.24) is 4.98 Å². The molecule has 0 unspecified atom stereocenters. The van der Waals surface area contributed by atoms with Gasteiger partial charge in [0.15, 0.2) is 0 Å². The summed E-state index contributed by atoms with van der Waals surface area (Å²) >= 11 is 0. The zero-order chi connectivity index (χ0) is 27.2. The highest BCUT2D eigenvalue weighted by molar-refractivity contribution is 5.20. The average molecular weight is 528 g/mol. The Morgan fingerprint density at radius 2 is 0.711 bits per heavy atom. The van der Waals surface area contributed by atoms with Gasteiger partial charge in [0.05, 0.1) is 0 Å². The molecular weight excluding hydrogens is 458 g/mol. The molecule has 1 nitrogen and oxygen atoms in total. The lowest BCUT2D eigenvalue weighted by atomic mass is 10.00. The standard InChI is InChI=1S/C37H69N/c1-3-5-7-9-11-13-15-17-19-21-23-25-27-29-32-36-33-31-35-38-37(36)34-30-28-26-24-22-20-18-16-14-12-10-8-6-4-2/h31,33,35H,3-30,32,34H2,1-2H3. The van der Waals surface area contributed by atoms with Crippen molar-refractivity contribution in [2.75, 3.05) is 0 Å². The molecule has 0 N–H and O–H groups in total. The molecule has 0 aromatic carbocycles. The summed E-state index contributed by atoms with van der Waals surface area (Å²) in [7, 11) is 0. The molecule has 0 radical (unpaired) electrons. The Balaban J connectivity index is 1.92. The van der Waals surface area contributed by atoms with E-state index >= 15 is 0 Å². The SMILES string of the molecule is CCCCCCCCCCCCCCCCc1cccnc1CCCCCCCCCCCCCCCC. The van der Waals surface area contributed by atoms with Gasteiger partial charge in [0.25, 0.3) is 0 Å². The Hall–Kier alpha value is -0.850. The van der Waals surface area contributed by atoms with Gasteiger partial charge < -0.3 is 0 Å². The summed E-state index contributed by atoms with van der Waals surface area (Å²) in [4.78, 5) is 4.76. The van der Waals surface area contributed by atoms with Crippen LogP contribution in [-0.4, -0.2) is 4.98 Å². The largest absolute Gasteiger partial charge is 0.261 e. The Bertz CT molecular complexity index is 529. The Morgan fingerprint density at radius 1 is 0.395 bits per heavy atom. The molecule has 222 valence electrons. The second kappa shape index (κ2) is 29.1. The lowest BCUT2D eigenvalue weighted by Gasteiger charge is -2.09. The van der Waals surface area contributed by atoms with Crippen LogP contribution >= 0.6 is 0 Å². The van der Waals surface area contributed by atoms with Gasteiger partial charge in [-0.1, -0.05) is 187 Å². The van der Waals surface area contributed by atoms with Crippen LogP contribution in [0, 0.1) is 0 Å². The monoisotopic (exact) mass is 528 g/mol. The molecule has 0 aliphatic rings. The highest BCUT2D eigenvalue weighted by Crippen LogP contribution is 2.17. The Morgan fingerprint density at radius 3 is 1.08 bits per heavy atom. The first-order valence-electron chi connectivity index (χ1n) is 17.8. The second-order valence-corrected chi connectivity index (χ2v) is 12.3. The Labute approximate surface area is 240 Å². The number of hydrogen-bond donors (Lipinski definition) is 0. The maximum atomic E-state index is 4.76. The fourth-order valence-electron chi connectivity index (χ4n) is 5.92. The molecule has 1 heteroatoms. The molecule has 0 bridgehead atoms. The fourth-order valence-corrected chi connectivity index (χ4v) is 5.92. The van der Waals surface area contributed by atoms with Crippen LogP contribution in [0.5, 0.6) is 0 Å². The van der Waals surface area contributed by atoms with Gasteiger partial charge in [-0.15, -0.1) is 0 Å². The zero-order valence-corrected chi connectivity index (χ0v) is 26.4. The normalized spacial score (nSPS) is 11.4. The number of nitrogens with zero attached hydrogens (tertiary/aromatic N) is 1. The van der Waals surface area contributed by atoms with Crippen LogP contribution < -0.4 is 0 Å². The fraction of sp³-hybridized carbons (Fsp3) is 0.865. The van der Waals surface area contributed by atoms with Gasteiger partial charge in [0.1, 0.15) is 0 Å². The molecule has 1 rings (SSSR count). The quantitative estimate of drug-likeness (QED) is 0.0906. The molecule has 0 atom stereocenters. The first kappa shape index (κ1) is 35.2. The third-order valence-electron chi connectivity index (χ3n) is 8.55. The van der Waals surface area contributed by atoms with Gasteiger partial charge >= 0.3 is 0 Å². The molecular formula is C37H69N. The molecule has 0 aliphatic heterocycles. The minimum absolute atomic E-state index is 1.19. The topological polar surface area (TPSA) is 12.9 Å². The summed E-state index contributed by atoms with van der Waals surface area (Å²) < 4.78 is 0. The third kappa shape index (κ3) is 23.1. The summed E-state index contributed by atoms with van der Waals surface area (Å²) in [5.74, 6) is 0. The highest BCUT2D eigenvalue weighted by atomic mass is 14.7. The molecule has 0 saturated carbocycles. The molecule has 0 spiro atoms. The van der Waals surface area contributed by atoms with E-state index in [0.29, 0.717) is 0 Å². The van der Waals surface area contributed by atoms with Crippen LogP contribution in [0.25, 0.3) is 0 Å². The van der Waals surface area contributed by atoms with Gasteiger partial charge in [0.2, 0.25) is 0 Å². The molecule has 0 saturated heterocycles. The van der Waals surface area contributed by atoms with Gasteiger partial charge in [-0.25, -0.2) is 0 Å². The van der Waals surface area contributed by atoms with Crippen molar-refractivity contribution in [3.8, 4) is 0 Å². The maximum absolute atomic E-state index is 4.76. The number of aryl methyl sites for hydroxylation is 2. The van der Waals surface area contributed by atoms with E-state index in [1.165, 1.54) is 204 Å². The molecule has 1 heterocycles. The van der Waals surface area contributed by atoms with Crippen molar-refractivity contribution in [2.45, 2.75) is 206 Å². The van der Waals surface area contributed by atoms with Crippen molar-refractivity contribution >= 4 is 0 Å². The Kier molecular flexibility index (Phi) is 27.0. The van der Waals surface area contributed by atoms with Crippen molar-refractivity contribution in [1.29, 1.82) is 0 Å². The van der Waals surface area contributed by atoms with Crippen molar-refractivity contribution in [3.63, 3.8) is 0 Å². The molecule has 1 aromatic heterocycles. The lowest BCUT2D eigenvalue weighted by molar-refractivity contribution is 0.533. The van der Waals surface area contributed by atoms with E-state index in [2.05, 4.69) is 26.0 Å². The predicted molar refractivity (Wildman–Crippen MR) is 172 cm³/mol. The summed E-state index contributed by atoms with van der Waals surface area (Å²) in [6.45, 7) is 4.61. The summed E-state index contributed by atoms with van der Waals surface area (Å²) in [6.07, 6.45) is 44.6. The minimum Gasteiger partial charge on any atom is -0.261 e. The third-order valence-corrected chi connectivity index (χ3v) is 8.55. The van der Waals surface area contributed by atoms with E-state index in [0.717, 1.165) is 0 Å². The van der Waals surface area contributed by atoms with Crippen LogP contribution in [0.15, 0.2) is 18.3 Å². The first-order valence-corrected chi connectivity index (χ1v) is 17.8. The van der Waals surface area contributed by atoms with Crippen molar-refractivity contribution < 1.29 is 0 Å². The molecule has 0 fully saturated rings. The lowest BCUT2D eigenvalue weighted by Crippen LogP contribution is -1.98. The van der Waals surface area contributed by atoms with Gasteiger partial charge in [0, 0.05) is 11.9 Å². The van der Waals surface area contributed by atoms with E-state index < -0.39 is 0 Å². The number of hydrogen-bond acceptors (Lipinski definition) is 1.